The maximum absolute atomic E-state index is 5.24. The molecule has 0 amide bonds. The quantitative estimate of drug-likeness (QED) is 0.778. The molecule has 0 fully saturated rings. The molecule has 2 aromatic heterocycles. The molecule has 2 aromatic rings. The molecule has 0 spiro atoms. The van der Waals surface area contributed by atoms with Gasteiger partial charge in [0.1, 0.15) is 4.88 Å². The van der Waals surface area contributed by atoms with E-state index in [4.69, 9.17) is 16.6 Å². The van der Waals surface area contributed by atoms with Crippen LogP contribution in [0.25, 0.3) is 10.8 Å². The fourth-order valence-electron chi connectivity index (χ4n) is 1.15. The van der Waals surface area contributed by atoms with E-state index in [1.54, 1.807) is 0 Å². The van der Waals surface area contributed by atoms with Crippen molar-refractivity contribution >= 4 is 23.8 Å². The minimum Gasteiger partial charge on any atom is -0.408 e. The van der Waals surface area contributed by atoms with E-state index in [1.807, 2.05) is 0 Å². The first-order chi connectivity index (χ1) is 6.98. The normalized spacial score (nSPS) is 11.9. The second-order valence-electron chi connectivity index (χ2n) is 4.12. The van der Waals surface area contributed by atoms with E-state index in [-0.39, 0.29) is 10.3 Å². The van der Waals surface area contributed by atoms with E-state index >= 15 is 0 Å². The number of nitrogens with zero attached hydrogens (tertiary/aromatic N) is 3. The van der Waals surface area contributed by atoms with Gasteiger partial charge in [-0.2, -0.15) is 0 Å². The Morgan fingerprint density at radius 3 is 2.67 bits per heavy atom. The lowest BCUT2D eigenvalue weighted by Gasteiger charge is -2.14. The second-order valence-corrected chi connectivity index (χ2v) is 5.24. The van der Waals surface area contributed by atoms with Gasteiger partial charge in [-0.05, 0) is 23.8 Å². The van der Waals surface area contributed by atoms with Crippen LogP contribution < -0.4 is 0 Å². The number of aromatic nitrogens is 4. The topological polar surface area (TPSA) is 67.6 Å². The van der Waals surface area contributed by atoms with Crippen molar-refractivity contribution in [3.05, 3.63) is 10.5 Å². The van der Waals surface area contributed by atoms with E-state index in [2.05, 4.69) is 40.6 Å². The van der Waals surface area contributed by atoms with Crippen molar-refractivity contribution in [2.24, 2.45) is 0 Å². The van der Waals surface area contributed by atoms with Gasteiger partial charge in [0.2, 0.25) is 0 Å². The molecule has 0 saturated carbocycles. The maximum atomic E-state index is 5.24. The summed E-state index contributed by atoms with van der Waals surface area (Å²) in [6.45, 7) is 6.19. The zero-order valence-corrected chi connectivity index (χ0v) is 10.2. The molecule has 0 saturated heterocycles. The molecule has 0 aliphatic carbocycles. The van der Waals surface area contributed by atoms with E-state index in [9.17, 15) is 0 Å². The summed E-state index contributed by atoms with van der Waals surface area (Å²) in [5, 5.41) is 10.6. The van der Waals surface area contributed by atoms with Gasteiger partial charge in [0.25, 0.3) is 10.7 Å². The smallest absolute Gasteiger partial charge is 0.284 e. The average molecular weight is 242 g/mol. The van der Waals surface area contributed by atoms with Gasteiger partial charge in [-0.1, -0.05) is 25.3 Å². The molecule has 80 valence electrons. The molecule has 15 heavy (non-hydrogen) atoms. The molecule has 5 nitrogen and oxygen atoms in total. The van der Waals surface area contributed by atoms with Gasteiger partial charge < -0.3 is 4.42 Å². The van der Waals surface area contributed by atoms with Gasteiger partial charge in [0.15, 0.2) is 0 Å². The minimum absolute atomic E-state index is 0.0849. The third kappa shape index (κ3) is 1.98. The van der Waals surface area contributed by atoms with Gasteiger partial charge in [-0.3, -0.25) is 0 Å². The Kier molecular flexibility index (Phi) is 2.43. The first-order valence-corrected chi connectivity index (χ1v) is 5.55. The number of hydrogen-bond acceptors (Lipinski definition) is 6. The Hall–Kier alpha value is -1.08. The Balaban J connectivity index is 2.55. The SMILES string of the molecule is CC(C)(C)c1nnsc1-c1n[nH]c(=S)o1. The lowest BCUT2D eigenvalue weighted by Crippen LogP contribution is -2.13. The van der Waals surface area contributed by atoms with Crippen LogP contribution in [0.4, 0.5) is 0 Å². The van der Waals surface area contributed by atoms with Gasteiger partial charge in [-0.15, -0.1) is 10.2 Å². The summed E-state index contributed by atoms with van der Waals surface area (Å²) in [4.78, 5) is 1.09. The van der Waals surface area contributed by atoms with Crippen LogP contribution in [0.5, 0.6) is 0 Å². The van der Waals surface area contributed by atoms with E-state index in [0.29, 0.717) is 5.89 Å². The third-order valence-corrected chi connectivity index (χ3v) is 2.72. The van der Waals surface area contributed by atoms with Gasteiger partial charge in [0.05, 0.1) is 5.69 Å². The number of rotatable bonds is 1. The van der Waals surface area contributed by atoms with Crippen molar-refractivity contribution in [2.75, 3.05) is 0 Å². The third-order valence-electron chi connectivity index (χ3n) is 1.83. The Labute approximate surface area is 95.7 Å². The summed E-state index contributed by atoms with van der Waals surface area (Å²) in [5.41, 5.74) is 0.788. The molecule has 2 rings (SSSR count). The molecule has 0 aliphatic rings. The van der Waals surface area contributed by atoms with Gasteiger partial charge in [-0.25, -0.2) is 5.10 Å². The van der Waals surface area contributed by atoms with Gasteiger partial charge in [0, 0.05) is 5.41 Å². The number of aromatic amines is 1. The zero-order chi connectivity index (χ0) is 11.1. The average Bonchev–Trinajstić information content (AvgIpc) is 2.68. The first-order valence-electron chi connectivity index (χ1n) is 4.37. The number of H-pyrrole nitrogens is 1. The first kappa shape index (κ1) is 10.4. The molecule has 0 bridgehead atoms. The highest BCUT2D eigenvalue weighted by Gasteiger charge is 2.25. The van der Waals surface area contributed by atoms with Crippen LogP contribution >= 0.6 is 23.8 Å². The van der Waals surface area contributed by atoms with Crippen molar-refractivity contribution in [3.8, 4) is 10.8 Å². The highest BCUT2D eigenvalue weighted by Crippen LogP contribution is 2.32. The highest BCUT2D eigenvalue weighted by molar-refractivity contribution is 7.71. The lowest BCUT2D eigenvalue weighted by atomic mass is 9.91. The molecule has 7 heteroatoms. The Morgan fingerprint density at radius 2 is 2.13 bits per heavy atom. The minimum atomic E-state index is -0.0849. The van der Waals surface area contributed by atoms with Crippen LogP contribution in [-0.2, 0) is 5.41 Å². The van der Waals surface area contributed by atoms with Crippen molar-refractivity contribution in [1.82, 2.24) is 19.8 Å². The summed E-state index contributed by atoms with van der Waals surface area (Å²) < 4.78 is 9.16. The highest BCUT2D eigenvalue weighted by atomic mass is 32.1. The molecule has 0 unspecified atom stereocenters. The molecule has 0 aromatic carbocycles. The van der Waals surface area contributed by atoms with Crippen LogP contribution in [0.3, 0.4) is 0 Å². The van der Waals surface area contributed by atoms with Crippen LogP contribution in [0.2, 0.25) is 0 Å². The maximum Gasteiger partial charge on any atom is 0.284 e. The molecular weight excluding hydrogens is 232 g/mol. The van der Waals surface area contributed by atoms with Crippen molar-refractivity contribution in [2.45, 2.75) is 26.2 Å². The summed E-state index contributed by atoms with van der Waals surface area (Å²) in [5.74, 6) is 0.458. The summed E-state index contributed by atoms with van der Waals surface area (Å²) in [6, 6.07) is 0. The lowest BCUT2D eigenvalue weighted by molar-refractivity contribution is 0.540. The van der Waals surface area contributed by atoms with Crippen LogP contribution in [0, 0.1) is 4.84 Å². The monoisotopic (exact) mass is 242 g/mol. The summed E-state index contributed by atoms with van der Waals surface area (Å²) >= 11 is 6.08. The van der Waals surface area contributed by atoms with Crippen LogP contribution in [0.15, 0.2) is 4.42 Å². The van der Waals surface area contributed by atoms with Crippen LogP contribution in [0.1, 0.15) is 26.5 Å². The van der Waals surface area contributed by atoms with Crippen LogP contribution in [-0.4, -0.2) is 19.8 Å². The van der Waals surface area contributed by atoms with E-state index in [1.165, 1.54) is 11.5 Å². The molecular formula is C8H10N4OS2. The zero-order valence-electron chi connectivity index (χ0n) is 8.57. The number of nitrogens with one attached hydrogen (secondary N) is 1. The van der Waals surface area contributed by atoms with Crippen molar-refractivity contribution < 1.29 is 4.42 Å². The van der Waals surface area contributed by atoms with Crippen molar-refractivity contribution in [3.63, 3.8) is 0 Å². The largest absolute Gasteiger partial charge is 0.408 e. The predicted octanol–water partition coefficient (Wildman–Crippen LogP) is 2.55. The second kappa shape index (κ2) is 3.49. The number of hydrogen-bond donors (Lipinski definition) is 1. The molecule has 1 N–H and O–H groups in total. The standard InChI is InChI=1S/C8H10N4OS2/c1-8(2,3)5-4(15-12-9-5)6-10-11-7(14)13-6/h1-3H3,(H,11,14). The summed E-state index contributed by atoms with van der Waals surface area (Å²) in [6.07, 6.45) is 0. The van der Waals surface area contributed by atoms with Gasteiger partial charge >= 0.3 is 0 Å². The van der Waals surface area contributed by atoms with E-state index in [0.717, 1.165) is 10.6 Å². The predicted molar refractivity (Wildman–Crippen MR) is 59.3 cm³/mol. The fraction of sp³-hybridized carbons (Fsp3) is 0.500. The summed E-state index contributed by atoms with van der Waals surface area (Å²) in [7, 11) is 0. The van der Waals surface area contributed by atoms with E-state index < -0.39 is 0 Å². The fourth-order valence-corrected chi connectivity index (χ4v) is 2.08. The molecule has 0 atom stereocenters. The molecule has 0 aliphatic heterocycles. The van der Waals surface area contributed by atoms with Crippen molar-refractivity contribution in [1.29, 1.82) is 0 Å². The molecule has 0 radical (unpaired) electrons. The molecule has 2 heterocycles. The Morgan fingerprint density at radius 1 is 1.40 bits per heavy atom. The Bertz CT molecular complexity index is 519.